The maximum absolute atomic E-state index is 12.6. The van der Waals surface area contributed by atoms with Crippen LogP contribution in [0.5, 0.6) is 0 Å². The van der Waals surface area contributed by atoms with E-state index in [2.05, 4.69) is 16.0 Å². The van der Waals surface area contributed by atoms with Gasteiger partial charge in [-0.2, -0.15) is 0 Å². The largest absolute Gasteiger partial charge is 0.370 e. The van der Waals surface area contributed by atoms with Gasteiger partial charge in [-0.05, 0) is 25.3 Å². The lowest BCUT2D eigenvalue weighted by Crippen LogP contribution is -2.53. The van der Waals surface area contributed by atoms with Crippen LogP contribution in [0.4, 0.5) is 0 Å². The lowest BCUT2D eigenvalue weighted by Gasteiger charge is -2.21. The summed E-state index contributed by atoms with van der Waals surface area (Å²) in [4.78, 5) is 35.7. The first-order valence-electron chi connectivity index (χ1n) is 8.69. The van der Waals surface area contributed by atoms with Crippen molar-refractivity contribution >= 4 is 24.1 Å². The molecule has 1 radical (unpaired) electrons. The van der Waals surface area contributed by atoms with Gasteiger partial charge in [-0.1, -0.05) is 30.3 Å². The van der Waals surface area contributed by atoms with Crippen LogP contribution < -0.4 is 27.4 Å². The third-order valence-corrected chi connectivity index (χ3v) is 3.77. The van der Waals surface area contributed by atoms with E-state index >= 15 is 0 Å². The van der Waals surface area contributed by atoms with Gasteiger partial charge in [0.15, 0.2) is 5.96 Å². The number of nitrogens with one attached hydrogen (secondary N) is 4. The zero-order valence-electron chi connectivity index (χ0n) is 15.3. The van der Waals surface area contributed by atoms with Crippen LogP contribution in [-0.4, -0.2) is 48.7 Å². The van der Waals surface area contributed by atoms with Crippen LogP contribution in [0.15, 0.2) is 30.3 Å². The maximum Gasteiger partial charge on any atom is 0.243 e. The van der Waals surface area contributed by atoms with Crippen molar-refractivity contribution in [3.05, 3.63) is 35.9 Å². The fourth-order valence-corrected chi connectivity index (χ4v) is 2.35. The summed E-state index contributed by atoms with van der Waals surface area (Å²) in [6.45, 7) is 1.89. The number of benzene rings is 1. The number of guanidine groups is 1. The normalized spacial score (nSPS) is 13.7. The van der Waals surface area contributed by atoms with Gasteiger partial charge in [0.2, 0.25) is 18.1 Å². The minimum atomic E-state index is -0.858. The Bertz CT molecular complexity index is 635. The van der Waals surface area contributed by atoms with Crippen LogP contribution in [0.25, 0.3) is 0 Å². The Labute approximate surface area is 158 Å². The third-order valence-electron chi connectivity index (χ3n) is 3.77. The lowest BCUT2D eigenvalue weighted by molar-refractivity contribution is -0.129. The summed E-state index contributed by atoms with van der Waals surface area (Å²) in [5.41, 5.74) is 11.6. The summed E-state index contributed by atoms with van der Waals surface area (Å²) in [6.07, 6.45) is 2.89. The van der Waals surface area contributed by atoms with Crippen molar-refractivity contribution in [2.75, 3.05) is 6.54 Å². The minimum absolute atomic E-state index is 0.172. The number of hydrogen-bond donors (Lipinski definition) is 6. The Morgan fingerprint density at radius 3 is 2.41 bits per heavy atom. The van der Waals surface area contributed by atoms with Gasteiger partial charge in [-0.15, -0.1) is 0 Å². The van der Waals surface area contributed by atoms with Crippen molar-refractivity contribution in [2.24, 2.45) is 11.5 Å². The van der Waals surface area contributed by atoms with E-state index in [0.717, 1.165) is 5.56 Å². The fraction of sp³-hybridized carbons (Fsp3) is 0.444. The number of nitrogens with two attached hydrogens (primary N) is 2. The zero-order valence-corrected chi connectivity index (χ0v) is 15.3. The van der Waals surface area contributed by atoms with E-state index in [1.165, 1.54) is 6.92 Å². The topological polar surface area (TPSA) is 163 Å². The zero-order chi connectivity index (χ0) is 20.2. The molecule has 0 saturated carbocycles. The van der Waals surface area contributed by atoms with E-state index in [1.54, 1.807) is 0 Å². The molecule has 0 spiro atoms. The molecule has 2 amide bonds. The van der Waals surface area contributed by atoms with E-state index in [-0.39, 0.29) is 5.96 Å². The second-order valence-corrected chi connectivity index (χ2v) is 6.20. The molecule has 3 unspecified atom stereocenters. The van der Waals surface area contributed by atoms with Gasteiger partial charge in [0.1, 0.15) is 6.04 Å². The molecule has 27 heavy (non-hydrogen) atoms. The van der Waals surface area contributed by atoms with E-state index in [0.29, 0.717) is 25.8 Å². The predicted octanol–water partition coefficient (Wildman–Crippen LogP) is -1.08. The Morgan fingerprint density at radius 2 is 1.85 bits per heavy atom. The van der Waals surface area contributed by atoms with Gasteiger partial charge >= 0.3 is 0 Å². The number of hydrogen-bond acceptors (Lipinski definition) is 5. The van der Waals surface area contributed by atoms with Gasteiger partial charge in [-0.25, -0.2) is 0 Å². The van der Waals surface area contributed by atoms with Crippen LogP contribution in [0.3, 0.4) is 0 Å². The highest BCUT2D eigenvalue weighted by Crippen LogP contribution is 2.04. The first kappa shape index (κ1) is 22.1. The molecular weight excluding hydrogens is 348 g/mol. The molecule has 9 heteroatoms. The molecule has 0 bridgehead atoms. The summed E-state index contributed by atoms with van der Waals surface area (Å²) < 4.78 is 0. The fourth-order valence-electron chi connectivity index (χ4n) is 2.35. The molecule has 0 aromatic heterocycles. The van der Waals surface area contributed by atoms with Crippen molar-refractivity contribution in [3.63, 3.8) is 0 Å². The first-order valence-corrected chi connectivity index (χ1v) is 8.69. The standard InChI is InChI=1S/C18H27N6O3/c1-12(19)16(26)24-15(8-5-9-22-18(20)21)17(27)23-14(11-25)10-13-6-3-2-4-7-13/h2-4,6-7,12,14-15H,5,8-10,19H2,1H3,(H,23,27)(H,24,26)(H4,20,21,22). The van der Waals surface area contributed by atoms with Gasteiger partial charge in [-0.3, -0.25) is 19.8 Å². The molecule has 3 atom stereocenters. The Hall–Kier alpha value is -2.94. The van der Waals surface area contributed by atoms with Crippen LogP contribution in [0.1, 0.15) is 25.3 Å². The lowest BCUT2D eigenvalue weighted by atomic mass is 10.1. The van der Waals surface area contributed by atoms with E-state index in [4.69, 9.17) is 16.9 Å². The van der Waals surface area contributed by atoms with Crippen LogP contribution in [-0.2, 0) is 20.8 Å². The number of rotatable bonds is 11. The molecule has 1 rings (SSSR count). The second kappa shape index (κ2) is 11.6. The Morgan fingerprint density at radius 1 is 1.19 bits per heavy atom. The third kappa shape index (κ3) is 8.82. The summed E-state index contributed by atoms with van der Waals surface area (Å²) in [5, 5.41) is 14.9. The smallest absolute Gasteiger partial charge is 0.243 e. The summed E-state index contributed by atoms with van der Waals surface area (Å²) in [5.74, 6) is -1.13. The maximum atomic E-state index is 12.6. The van der Waals surface area contributed by atoms with E-state index < -0.39 is 29.9 Å². The van der Waals surface area contributed by atoms with Crippen molar-refractivity contribution in [2.45, 2.75) is 44.3 Å². The SMILES string of the molecule is CC(N)C(=O)NC(CCCNC(=N)N)C(=O)NC([C]=O)Cc1ccccc1. The van der Waals surface area contributed by atoms with E-state index in [1.807, 2.05) is 36.6 Å². The molecule has 147 valence electrons. The second-order valence-electron chi connectivity index (χ2n) is 6.20. The molecule has 1 aromatic carbocycles. The highest BCUT2D eigenvalue weighted by molar-refractivity contribution is 5.90. The van der Waals surface area contributed by atoms with Crippen LogP contribution in [0.2, 0.25) is 0 Å². The number of carbonyl (C=O) groups excluding carboxylic acids is 3. The van der Waals surface area contributed by atoms with E-state index in [9.17, 15) is 14.4 Å². The molecule has 8 N–H and O–H groups in total. The predicted molar refractivity (Wildman–Crippen MR) is 103 cm³/mol. The monoisotopic (exact) mass is 375 g/mol. The quantitative estimate of drug-likeness (QED) is 0.164. The first-order chi connectivity index (χ1) is 12.8. The molecule has 0 aliphatic carbocycles. The highest BCUT2D eigenvalue weighted by atomic mass is 16.2. The molecule has 0 aliphatic heterocycles. The van der Waals surface area contributed by atoms with Crippen molar-refractivity contribution in [1.29, 1.82) is 5.41 Å². The van der Waals surface area contributed by atoms with Gasteiger partial charge in [0, 0.05) is 13.0 Å². The summed E-state index contributed by atoms with van der Waals surface area (Å²) in [6, 6.07) is 6.77. The molecule has 0 fully saturated rings. The molecule has 9 nitrogen and oxygen atoms in total. The van der Waals surface area contributed by atoms with Crippen molar-refractivity contribution < 1.29 is 14.4 Å². The minimum Gasteiger partial charge on any atom is -0.370 e. The number of amides is 2. The molecule has 0 aliphatic rings. The van der Waals surface area contributed by atoms with Gasteiger partial charge in [0.05, 0.1) is 12.1 Å². The van der Waals surface area contributed by atoms with Gasteiger partial charge in [0.25, 0.3) is 0 Å². The summed E-state index contributed by atoms with van der Waals surface area (Å²) >= 11 is 0. The Kier molecular flexibility index (Phi) is 9.52. The average Bonchev–Trinajstić information content (AvgIpc) is 2.63. The van der Waals surface area contributed by atoms with Crippen molar-refractivity contribution in [1.82, 2.24) is 16.0 Å². The molecular formula is C18H27N6O3. The van der Waals surface area contributed by atoms with Crippen LogP contribution in [0, 0.1) is 5.41 Å². The van der Waals surface area contributed by atoms with Crippen molar-refractivity contribution in [3.8, 4) is 0 Å². The van der Waals surface area contributed by atoms with Gasteiger partial charge < -0.3 is 27.4 Å². The van der Waals surface area contributed by atoms with Crippen LogP contribution >= 0.6 is 0 Å². The summed E-state index contributed by atoms with van der Waals surface area (Å²) in [7, 11) is 0. The molecule has 0 heterocycles. The highest BCUT2D eigenvalue weighted by Gasteiger charge is 2.24. The number of carbonyl (C=O) groups is 2. The Balaban J connectivity index is 2.69. The average molecular weight is 375 g/mol. The molecule has 1 aromatic rings. The molecule has 0 saturated heterocycles.